The maximum absolute atomic E-state index is 13.6. The molecule has 3 fully saturated rings. The maximum atomic E-state index is 13.6. The summed E-state index contributed by atoms with van der Waals surface area (Å²) in [7, 11) is 0. The maximum Gasteiger partial charge on any atom is 0.269 e. The van der Waals surface area contributed by atoms with Gasteiger partial charge in [0.2, 0.25) is 0 Å². The Morgan fingerprint density at radius 1 is 0.270 bits per heavy atom. The third-order valence-electron chi connectivity index (χ3n) is 20.6. The second kappa shape index (κ2) is 54.7. The molecule has 0 spiro atoms. The van der Waals surface area contributed by atoms with Crippen LogP contribution in [0.15, 0.2) is 267 Å². The molecule has 0 radical (unpaired) electrons. The van der Waals surface area contributed by atoms with Crippen LogP contribution in [-0.2, 0) is 14.2 Å². The molecule has 19 heteroatoms. The SMILES string of the molecule is CC1CCC(C)CC1.CC1CCC(C)OC1.CC1COC(C)OC1.Cc1cc(F)c(C)c(F)c1.Cc1ccc(C)c(F)c1.Cc1ccc(C)c(F)c1F.Cc1ccc(C)cc1.Cc1ccc2c(F)c(C)c(F)cc2c1.Cc1ccc2cc(C)ccc2c1.O=[N+]([O-])c1ccc(-c2ccc([N+](=O)[O-])cc2)cc1.O=[N+]([O-])c1ccccc1.c1ccc(-c2ccccc2)cc1. The summed E-state index contributed by atoms with van der Waals surface area (Å²) < 4.78 is 105. The molecule has 0 bridgehead atoms. The van der Waals surface area contributed by atoms with Crippen LogP contribution in [0, 0.1) is 178 Å². The predicted octanol–water partition coefficient (Wildman–Crippen LogP) is 30.9. The molecule has 668 valence electrons. The summed E-state index contributed by atoms with van der Waals surface area (Å²) in [6.07, 6.45) is 9.03. The molecule has 2 unspecified atom stereocenters. The third-order valence-corrected chi connectivity index (χ3v) is 20.6. The highest BCUT2D eigenvalue weighted by molar-refractivity contribution is 5.85. The van der Waals surface area contributed by atoms with Crippen molar-refractivity contribution >= 4 is 38.6 Å². The first-order chi connectivity index (χ1) is 59.8. The third kappa shape index (κ3) is 38.6. The lowest BCUT2D eigenvalue weighted by molar-refractivity contribution is -0.385. The second-order valence-corrected chi connectivity index (χ2v) is 32.4. The van der Waals surface area contributed by atoms with Crippen LogP contribution < -0.4 is 0 Å². The van der Waals surface area contributed by atoms with Gasteiger partial charge in [0.25, 0.3) is 17.1 Å². The normalized spacial score (nSPS) is 15.6. The lowest BCUT2D eigenvalue weighted by Crippen LogP contribution is -2.27. The minimum atomic E-state index is -0.736. The number of nitrogens with zero attached hydrogens (tertiary/aromatic N) is 3. The molecule has 13 aromatic rings. The van der Waals surface area contributed by atoms with Crippen LogP contribution in [0.1, 0.15) is 147 Å². The number of aryl methyl sites for hydroxylation is 10. The highest BCUT2D eigenvalue weighted by Crippen LogP contribution is 2.30. The van der Waals surface area contributed by atoms with E-state index >= 15 is 0 Å². The number of ether oxygens (including phenoxy) is 3. The summed E-state index contributed by atoms with van der Waals surface area (Å²) in [5.41, 5.74) is 13.7. The van der Waals surface area contributed by atoms with Crippen molar-refractivity contribution in [1.82, 2.24) is 0 Å². The van der Waals surface area contributed by atoms with Gasteiger partial charge in [-0.1, -0.05) is 263 Å². The molecular formula is C107H122F7N3O9. The zero-order valence-corrected chi connectivity index (χ0v) is 75.9. The quantitative estimate of drug-likeness (QED) is 0.0929. The predicted molar refractivity (Wildman–Crippen MR) is 502 cm³/mol. The molecular weight excluding hydrogens is 1600 g/mol. The number of hydrogen-bond acceptors (Lipinski definition) is 9. The van der Waals surface area contributed by atoms with E-state index in [9.17, 15) is 61.1 Å². The van der Waals surface area contributed by atoms with Gasteiger partial charge in [-0.2, -0.15) is 0 Å². The van der Waals surface area contributed by atoms with Gasteiger partial charge >= 0.3 is 0 Å². The molecule has 126 heavy (non-hydrogen) atoms. The van der Waals surface area contributed by atoms with Crippen LogP contribution in [0.5, 0.6) is 0 Å². The highest BCUT2D eigenvalue weighted by atomic mass is 19.2. The number of rotatable bonds is 5. The lowest BCUT2D eigenvalue weighted by atomic mass is 9.84. The number of hydrogen-bond donors (Lipinski definition) is 0. The van der Waals surface area contributed by atoms with Crippen molar-refractivity contribution in [2.24, 2.45) is 23.7 Å². The van der Waals surface area contributed by atoms with Crippen molar-refractivity contribution in [2.75, 3.05) is 19.8 Å². The number of non-ortho nitro benzene ring substituents is 3. The molecule has 13 aromatic carbocycles. The van der Waals surface area contributed by atoms with Crippen LogP contribution in [0.4, 0.5) is 47.8 Å². The molecule has 2 aliphatic heterocycles. The van der Waals surface area contributed by atoms with Crippen molar-refractivity contribution in [1.29, 1.82) is 0 Å². The van der Waals surface area contributed by atoms with Gasteiger partial charge in [-0.3, -0.25) is 30.3 Å². The van der Waals surface area contributed by atoms with Crippen LogP contribution >= 0.6 is 0 Å². The van der Waals surface area contributed by atoms with Gasteiger partial charge < -0.3 is 14.2 Å². The Bertz CT molecular complexity index is 5170. The molecule has 2 heterocycles. The largest absolute Gasteiger partial charge is 0.378 e. The van der Waals surface area contributed by atoms with Crippen LogP contribution in [0.25, 0.3) is 43.8 Å². The summed E-state index contributed by atoms with van der Waals surface area (Å²) in [6, 6.07) is 80.0. The molecule has 0 N–H and O–H groups in total. The number of fused-ring (bicyclic) bond motifs is 2. The lowest BCUT2D eigenvalue weighted by Gasteiger charge is -2.24. The molecule has 12 nitrogen and oxygen atoms in total. The first-order valence-corrected chi connectivity index (χ1v) is 42.3. The van der Waals surface area contributed by atoms with Crippen molar-refractivity contribution in [3.63, 3.8) is 0 Å². The van der Waals surface area contributed by atoms with Crippen LogP contribution in [0.3, 0.4) is 0 Å². The highest BCUT2D eigenvalue weighted by Gasteiger charge is 2.17. The van der Waals surface area contributed by atoms with E-state index in [-0.39, 0.29) is 40.3 Å². The molecule has 16 rings (SSSR count). The Balaban J connectivity index is 0.000000246. The summed E-state index contributed by atoms with van der Waals surface area (Å²) in [5.74, 6) is -0.0691. The van der Waals surface area contributed by atoms with Crippen LogP contribution in [-0.4, -0.2) is 47.0 Å². The van der Waals surface area contributed by atoms with Gasteiger partial charge in [-0.15, -0.1) is 0 Å². The van der Waals surface area contributed by atoms with E-state index in [1.807, 2.05) is 45.0 Å². The molecule has 0 amide bonds. The van der Waals surface area contributed by atoms with Gasteiger partial charge in [0, 0.05) is 65.4 Å². The summed E-state index contributed by atoms with van der Waals surface area (Å²) >= 11 is 0. The summed E-state index contributed by atoms with van der Waals surface area (Å²) in [5, 5.41) is 34.8. The monoisotopic (exact) mass is 1730 g/mol. The molecule has 3 aliphatic rings. The van der Waals surface area contributed by atoms with Gasteiger partial charge in [0.05, 0.1) is 34.1 Å². The van der Waals surface area contributed by atoms with E-state index in [1.54, 1.807) is 86.6 Å². The van der Waals surface area contributed by atoms with E-state index in [2.05, 4.69) is 172 Å². The number of halogens is 7. The van der Waals surface area contributed by atoms with Gasteiger partial charge in [-0.25, -0.2) is 30.7 Å². The van der Waals surface area contributed by atoms with Gasteiger partial charge in [0.1, 0.15) is 29.1 Å². The Kier molecular flexibility index (Phi) is 45.3. The fourth-order valence-electron chi connectivity index (χ4n) is 12.4. The van der Waals surface area contributed by atoms with Crippen molar-refractivity contribution < 1.29 is 59.7 Å². The van der Waals surface area contributed by atoms with E-state index in [4.69, 9.17) is 14.2 Å². The molecule has 0 aromatic heterocycles. The zero-order valence-electron chi connectivity index (χ0n) is 75.9. The first kappa shape index (κ1) is 105. The minimum absolute atomic E-state index is 0.0145. The van der Waals surface area contributed by atoms with Crippen molar-refractivity contribution in [3.05, 3.63) is 405 Å². The molecule has 2 atom stereocenters. The Morgan fingerprint density at radius 3 is 0.944 bits per heavy atom. The zero-order chi connectivity index (χ0) is 93.1. The first-order valence-electron chi connectivity index (χ1n) is 42.3. The van der Waals surface area contributed by atoms with Gasteiger partial charge in [0.15, 0.2) is 17.9 Å². The van der Waals surface area contributed by atoms with Crippen molar-refractivity contribution in [3.8, 4) is 22.3 Å². The minimum Gasteiger partial charge on any atom is -0.378 e. The van der Waals surface area contributed by atoms with E-state index in [0.29, 0.717) is 45.0 Å². The van der Waals surface area contributed by atoms with Crippen molar-refractivity contribution in [2.45, 2.75) is 176 Å². The van der Waals surface area contributed by atoms with Gasteiger partial charge in [-0.05, 0) is 242 Å². The number of benzene rings is 13. The Labute approximate surface area is 740 Å². The molecule has 1 saturated carbocycles. The average molecular weight is 1730 g/mol. The Hall–Kier alpha value is -12.0. The number of nitro benzene ring substituents is 3. The second-order valence-electron chi connectivity index (χ2n) is 32.4. The van der Waals surface area contributed by atoms with E-state index in [0.717, 1.165) is 59.8 Å². The fourth-order valence-corrected chi connectivity index (χ4v) is 12.4. The Morgan fingerprint density at radius 2 is 0.587 bits per heavy atom. The molecule has 2 saturated heterocycles. The topological polar surface area (TPSA) is 157 Å². The van der Waals surface area contributed by atoms with Crippen LogP contribution in [0.2, 0.25) is 0 Å². The fraction of sp³-hybridized carbons (Fsp3) is 0.308. The standard InChI is InChI=1S/C12H10F2.C12H8N2O4.C12H12.C12H10.2C8H8F2.C8H9F.C8H16.C8H10.C7H14O.C6H5NO2.C6H12O2/c1-7-3-4-10-9(5-7)6-11(13)8(2)12(10)14;15-13(16)11-5-1-9(2-6-11)10-3-7-12(8-4-10)14(17)18;1-9-3-5-12-8-10(2)4-6-11(12)7-9;1-3-7-11(8-4-1)12-9-5-2-6-10-12;1-5-3-7(9)6(2)8(10)4-5;1-5-3-4-6(2)8(10)7(5)9;1-6-3-4-7(2)8(9)5-6;2*1-7-3-5-8(2)6-4-7;1-6-3-4-7(2)8-5-6;8-7(9)6-4-2-1-3-5-6;1-5-3-7-6(2)8-4-5/h3-6H,1-2H3;1-8H;3-8H,1-2H3;1-10H;2*3-4H,1-2H3;3-5H,1-2H3;7-8H,3-6H2,1-2H3;3-6H,1-2H3;6-7H,3-5H2,1-2H3;1-5H;5-6H,3-4H2,1-2H3. The average Bonchev–Trinajstić information content (AvgIpc) is 0.853. The molecule has 1 aliphatic carbocycles. The van der Waals surface area contributed by atoms with E-state index in [1.165, 1.54) is 171 Å². The van der Waals surface area contributed by atoms with E-state index < -0.39 is 49.7 Å². The smallest absolute Gasteiger partial charge is 0.269 e. The number of nitro groups is 3. The summed E-state index contributed by atoms with van der Waals surface area (Å²) in [4.78, 5) is 29.6. The number of para-hydroxylation sites is 1. The summed E-state index contributed by atoms with van der Waals surface area (Å²) in [6.45, 7) is 37.4.